The molecule has 3 N–H and O–H groups in total. The second-order valence-electron chi connectivity index (χ2n) is 5.98. The summed E-state index contributed by atoms with van der Waals surface area (Å²) in [6.07, 6.45) is 1.58. The van der Waals surface area contributed by atoms with Crippen LogP contribution in [0.25, 0.3) is 11.1 Å². The lowest BCUT2D eigenvalue weighted by Crippen LogP contribution is -2.38. The van der Waals surface area contributed by atoms with E-state index in [-0.39, 0.29) is 16.8 Å². The first kappa shape index (κ1) is 17.6. The van der Waals surface area contributed by atoms with Crippen LogP contribution >= 0.6 is 0 Å². The Kier molecular flexibility index (Phi) is 5.17. The Morgan fingerprint density at radius 1 is 1.08 bits per heavy atom. The van der Waals surface area contributed by atoms with Gasteiger partial charge in [-0.05, 0) is 36.6 Å². The zero-order valence-electron chi connectivity index (χ0n) is 13.6. The van der Waals surface area contributed by atoms with Gasteiger partial charge in [0.05, 0.1) is 4.90 Å². The number of carbonyl (C=O) groups is 1. The van der Waals surface area contributed by atoms with Crippen LogP contribution in [0.4, 0.5) is 0 Å². The first-order valence-corrected chi connectivity index (χ1v) is 9.60. The van der Waals surface area contributed by atoms with E-state index in [0.29, 0.717) is 29.9 Å². The van der Waals surface area contributed by atoms with Crippen molar-refractivity contribution in [2.75, 3.05) is 13.2 Å². The highest BCUT2D eigenvalue weighted by atomic mass is 32.2. The number of carbonyl (C=O) groups excluding carboxylic acids is 1. The largest absolute Gasteiger partial charge is 0.381 e. The van der Waals surface area contributed by atoms with E-state index in [0.717, 1.165) is 12.8 Å². The van der Waals surface area contributed by atoms with Gasteiger partial charge in [0, 0.05) is 30.4 Å². The standard InChI is InChI=1S/C18H20N2O4S/c19-25(22,23)17-7-2-1-6-16(17)13-4-3-5-14(12-13)18(21)20-15-8-10-24-11-9-15/h1-7,12,15H,8-11H2,(H,20,21)(H2,19,22,23). The SMILES string of the molecule is NS(=O)(=O)c1ccccc1-c1cccc(C(=O)NC2CCOCC2)c1. The van der Waals surface area contributed by atoms with Crippen LogP contribution in [0.1, 0.15) is 23.2 Å². The summed E-state index contributed by atoms with van der Waals surface area (Å²) in [5.41, 5.74) is 1.59. The highest BCUT2D eigenvalue weighted by Gasteiger charge is 2.18. The van der Waals surface area contributed by atoms with Crippen molar-refractivity contribution in [2.24, 2.45) is 5.14 Å². The molecule has 1 fully saturated rings. The van der Waals surface area contributed by atoms with Gasteiger partial charge in [0.1, 0.15) is 0 Å². The molecule has 6 nitrogen and oxygen atoms in total. The molecule has 1 saturated heterocycles. The number of hydrogen-bond acceptors (Lipinski definition) is 4. The number of benzene rings is 2. The van der Waals surface area contributed by atoms with Gasteiger partial charge in [-0.2, -0.15) is 0 Å². The van der Waals surface area contributed by atoms with E-state index in [1.165, 1.54) is 6.07 Å². The van der Waals surface area contributed by atoms with E-state index in [1.807, 2.05) is 0 Å². The van der Waals surface area contributed by atoms with Crippen molar-refractivity contribution in [2.45, 2.75) is 23.8 Å². The fourth-order valence-electron chi connectivity index (χ4n) is 2.89. The molecule has 1 amide bonds. The smallest absolute Gasteiger partial charge is 0.251 e. The number of rotatable bonds is 4. The summed E-state index contributed by atoms with van der Waals surface area (Å²) in [5.74, 6) is -0.179. The van der Waals surface area contributed by atoms with Crippen molar-refractivity contribution < 1.29 is 17.9 Å². The average Bonchev–Trinajstić information content (AvgIpc) is 2.62. The fraction of sp³-hybridized carbons (Fsp3) is 0.278. The summed E-state index contributed by atoms with van der Waals surface area (Å²) in [7, 11) is -3.85. The number of nitrogens with one attached hydrogen (secondary N) is 1. The van der Waals surface area contributed by atoms with Crippen molar-refractivity contribution in [1.82, 2.24) is 5.32 Å². The Balaban J connectivity index is 1.88. The Morgan fingerprint density at radius 2 is 1.80 bits per heavy atom. The van der Waals surface area contributed by atoms with Crippen LogP contribution in [0.15, 0.2) is 53.4 Å². The van der Waals surface area contributed by atoms with Gasteiger partial charge < -0.3 is 10.1 Å². The number of nitrogens with two attached hydrogens (primary N) is 1. The zero-order valence-corrected chi connectivity index (χ0v) is 14.5. The van der Waals surface area contributed by atoms with Crippen LogP contribution in [-0.4, -0.2) is 33.6 Å². The first-order valence-electron chi connectivity index (χ1n) is 8.06. The summed E-state index contributed by atoms with van der Waals surface area (Å²) >= 11 is 0. The minimum atomic E-state index is -3.85. The van der Waals surface area contributed by atoms with Crippen LogP contribution < -0.4 is 10.5 Å². The van der Waals surface area contributed by atoms with Gasteiger partial charge in [0.2, 0.25) is 10.0 Å². The molecule has 0 atom stereocenters. The first-order chi connectivity index (χ1) is 11.9. The molecule has 0 aliphatic carbocycles. The molecule has 0 spiro atoms. The second kappa shape index (κ2) is 7.35. The Hall–Kier alpha value is -2.22. The number of primary sulfonamides is 1. The highest BCUT2D eigenvalue weighted by molar-refractivity contribution is 7.89. The maximum Gasteiger partial charge on any atom is 0.251 e. The summed E-state index contributed by atoms with van der Waals surface area (Å²) < 4.78 is 28.9. The molecular formula is C18H20N2O4S. The van der Waals surface area contributed by atoms with Gasteiger partial charge in [-0.3, -0.25) is 4.79 Å². The minimum Gasteiger partial charge on any atom is -0.381 e. The predicted octanol–water partition coefficient (Wildman–Crippen LogP) is 1.91. The van der Waals surface area contributed by atoms with Crippen LogP contribution in [0.3, 0.4) is 0 Å². The normalized spacial score (nSPS) is 15.7. The molecule has 132 valence electrons. The van der Waals surface area contributed by atoms with Crippen LogP contribution in [0.2, 0.25) is 0 Å². The third-order valence-electron chi connectivity index (χ3n) is 4.19. The van der Waals surface area contributed by atoms with Gasteiger partial charge in [0.15, 0.2) is 0 Å². The van der Waals surface area contributed by atoms with Crippen LogP contribution in [0.5, 0.6) is 0 Å². The Morgan fingerprint density at radius 3 is 2.52 bits per heavy atom. The van der Waals surface area contributed by atoms with Gasteiger partial charge in [-0.25, -0.2) is 13.6 Å². The quantitative estimate of drug-likeness (QED) is 0.870. The topological polar surface area (TPSA) is 98.5 Å². The molecule has 7 heteroatoms. The van der Waals surface area contributed by atoms with Crippen molar-refractivity contribution >= 4 is 15.9 Å². The molecule has 1 aliphatic heterocycles. The molecule has 1 heterocycles. The average molecular weight is 360 g/mol. The maximum atomic E-state index is 12.5. The zero-order chi connectivity index (χ0) is 17.9. The molecule has 0 bridgehead atoms. The van der Waals surface area contributed by atoms with Crippen molar-refractivity contribution in [1.29, 1.82) is 0 Å². The number of hydrogen-bond donors (Lipinski definition) is 2. The Labute approximate surface area is 147 Å². The van der Waals surface area contributed by atoms with Gasteiger partial charge in [0.25, 0.3) is 5.91 Å². The maximum absolute atomic E-state index is 12.5. The Bertz CT molecular complexity index is 874. The number of amides is 1. The number of sulfonamides is 1. The lowest BCUT2D eigenvalue weighted by molar-refractivity contribution is 0.0696. The third-order valence-corrected chi connectivity index (χ3v) is 5.15. The molecule has 2 aromatic rings. The molecule has 3 rings (SSSR count). The second-order valence-corrected chi connectivity index (χ2v) is 7.51. The van der Waals surface area contributed by atoms with Gasteiger partial charge in [-0.15, -0.1) is 0 Å². The monoisotopic (exact) mass is 360 g/mol. The fourth-order valence-corrected chi connectivity index (χ4v) is 3.65. The highest BCUT2D eigenvalue weighted by Crippen LogP contribution is 2.27. The molecule has 25 heavy (non-hydrogen) atoms. The van der Waals surface area contributed by atoms with Crippen molar-refractivity contribution in [3.8, 4) is 11.1 Å². The van der Waals surface area contributed by atoms with Gasteiger partial charge >= 0.3 is 0 Å². The predicted molar refractivity (Wildman–Crippen MR) is 94.6 cm³/mol. The third kappa shape index (κ3) is 4.25. The summed E-state index contributed by atoms with van der Waals surface area (Å²) in [6.45, 7) is 1.29. The number of ether oxygens (including phenoxy) is 1. The van der Waals surface area contributed by atoms with E-state index in [4.69, 9.17) is 9.88 Å². The van der Waals surface area contributed by atoms with E-state index < -0.39 is 10.0 Å². The molecule has 0 unspecified atom stereocenters. The summed E-state index contributed by atoms with van der Waals surface area (Å²) in [4.78, 5) is 12.5. The van der Waals surface area contributed by atoms with Crippen LogP contribution in [0, 0.1) is 0 Å². The van der Waals surface area contributed by atoms with E-state index in [9.17, 15) is 13.2 Å². The molecule has 1 aliphatic rings. The van der Waals surface area contributed by atoms with Crippen molar-refractivity contribution in [3.63, 3.8) is 0 Å². The van der Waals surface area contributed by atoms with E-state index in [2.05, 4.69) is 5.32 Å². The summed E-state index contributed by atoms with van der Waals surface area (Å²) in [6, 6.07) is 13.5. The minimum absolute atomic E-state index is 0.0389. The summed E-state index contributed by atoms with van der Waals surface area (Å²) in [5, 5.41) is 8.29. The van der Waals surface area contributed by atoms with E-state index in [1.54, 1.807) is 42.5 Å². The van der Waals surface area contributed by atoms with Crippen LogP contribution in [-0.2, 0) is 14.8 Å². The molecule has 0 aromatic heterocycles. The lowest BCUT2D eigenvalue weighted by Gasteiger charge is -2.23. The van der Waals surface area contributed by atoms with Crippen molar-refractivity contribution in [3.05, 3.63) is 54.1 Å². The molecule has 0 saturated carbocycles. The lowest BCUT2D eigenvalue weighted by atomic mass is 10.0. The van der Waals surface area contributed by atoms with Gasteiger partial charge in [-0.1, -0.05) is 30.3 Å². The molecule has 2 aromatic carbocycles. The van der Waals surface area contributed by atoms with E-state index >= 15 is 0 Å². The molecular weight excluding hydrogens is 340 g/mol. The molecule has 0 radical (unpaired) electrons.